The zero-order chi connectivity index (χ0) is 10.8. The van der Waals surface area contributed by atoms with Crippen LogP contribution in [0.4, 0.5) is 0 Å². The molecular formula is C12H13BrN2. The van der Waals surface area contributed by atoms with Crippen LogP contribution in [0.5, 0.6) is 0 Å². The molecule has 0 aliphatic heterocycles. The Morgan fingerprint density at radius 2 is 1.93 bits per heavy atom. The fourth-order valence-electron chi connectivity index (χ4n) is 1.58. The van der Waals surface area contributed by atoms with Crippen molar-refractivity contribution < 1.29 is 0 Å². The first-order chi connectivity index (χ1) is 7.20. The summed E-state index contributed by atoms with van der Waals surface area (Å²) in [6.45, 7) is 4.34. The van der Waals surface area contributed by atoms with Gasteiger partial charge in [-0.3, -0.25) is 0 Å². The number of rotatable bonds is 2. The monoisotopic (exact) mass is 264 g/mol. The van der Waals surface area contributed by atoms with Crippen LogP contribution >= 0.6 is 15.9 Å². The Balaban J connectivity index is 2.55. The minimum atomic E-state index is 0.472. The van der Waals surface area contributed by atoms with Crippen molar-refractivity contribution in [3.05, 3.63) is 46.7 Å². The van der Waals surface area contributed by atoms with Crippen molar-refractivity contribution in [2.45, 2.75) is 19.8 Å². The fourth-order valence-corrected chi connectivity index (χ4v) is 2.03. The molecule has 2 aromatic rings. The number of aromatic nitrogens is 2. The normalized spacial score (nSPS) is 10.9. The van der Waals surface area contributed by atoms with Gasteiger partial charge in [0, 0.05) is 16.4 Å². The maximum Gasteiger partial charge on any atom is 0.0790 e. The lowest BCUT2D eigenvalue weighted by molar-refractivity contribution is 0.732. The Labute approximate surface area is 98.1 Å². The van der Waals surface area contributed by atoms with Gasteiger partial charge in [0.2, 0.25) is 0 Å². The maximum absolute atomic E-state index is 4.36. The van der Waals surface area contributed by atoms with Gasteiger partial charge in [0.15, 0.2) is 0 Å². The molecule has 0 bridgehead atoms. The number of halogens is 1. The summed E-state index contributed by atoms with van der Waals surface area (Å²) in [6.07, 6.45) is 1.84. The summed E-state index contributed by atoms with van der Waals surface area (Å²) in [4.78, 5) is 0. The van der Waals surface area contributed by atoms with E-state index in [0.29, 0.717) is 5.92 Å². The third-order valence-corrected chi connectivity index (χ3v) is 3.01. The Hall–Kier alpha value is -1.09. The van der Waals surface area contributed by atoms with Crippen molar-refractivity contribution >= 4 is 15.9 Å². The minimum Gasteiger partial charge on any atom is -0.236 e. The predicted molar refractivity (Wildman–Crippen MR) is 65.4 cm³/mol. The largest absolute Gasteiger partial charge is 0.236 e. The Kier molecular flexibility index (Phi) is 2.91. The van der Waals surface area contributed by atoms with Crippen LogP contribution in [0.15, 0.2) is 41.0 Å². The van der Waals surface area contributed by atoms with Crippen molar-refractivity contribution in [3.63, 3.8) is 0 Å². The molecule has 0 fully saturated rings. The van der Waals surface area contributed by atoms with E-state index in [9.17, 15) is 0 Å². The molecule has 1 heterocycles. The molecule has 0 spiro atoms. The molecule has 0 N–H and O–H groups in total. The molecule has 0 aliphatic carbocycles. The number of hydrogen-bond acceptors (Lipinski definition) is 1. The molecule has 1 aromatic carbocycles. The van der Waals surface area contributed by atoms with Gasteiger partial charge in [0.05, 0.1) is 5.69 Å². The quantitative estimate of drug-likeness (QED) is 0.808. The third-order valence-electron chi connectivity index (χ3n) is 2.34. The lowest BCUT2D eigenvalue weighted by Crippen LogP contribution is -2.03. The average Bonchev–Trinajstić information content (AvgIpc) is 2.67. The van der Waals surface area contributed by atoms with Crippen molar-refractivity contribution in [1.29, 1.82) is 0 Å². The standard InChI is InChI=1S/C12H13BrN2/c1-9(2)11-7-8-14-15(11)12-6-4-3-5-10(12)13/h3-9H,1-2H3. The first-order valence-electron chi connectivity index (χ1n) is 4.99. The first-order valence-corrected chi connectivity index (χ1v) is 5.78. The smallest absolute Gasteiger partial charge is 0.0790 e. The van der Waals surface area contributed by atoms with Crippen LogP contribution < -0.4 is 0 Å². The highest BCUT2D eigenvalue weighted by atomic mass is 79.9. The topological polar surface area (TPSA) is 17.8 Å². The molecule has 0 atom stereocenters. The van der Waals surface area contributed by atoms with Crippen LogP contribution in [0.2, 0.25) is 0 Å². The van der Waals surface area contributed by atoms with E-state index < -0.39 is 0 Å². The average molecular weight is 265 g/mol. The van der Waals surface area contributed by atoms with E-state index in [2.05, 4.69) is 47.0 Å². The summed E-state index contributed by atoms with van der Waals surface area (Å²) in [5, 5.41) is 4.36. The Morgan fingerprint density at radius 1 is 1.20 bits per heavy atom. The van der Waals surface area contributed by atoms with Crippen LogP contribution in [0, 0.1) is 0 Å². The number of para-hydroxylation sites is 1. The Morgan fingerprint density at radius 3 is 2.60 bits per heavy atom. The molecule has 2 nitrogen and oxygen atoms in total. The van der Waals surface area contributed by atoms with Gasteiger partial charge in [0.1, 0.15) is 0 Å². The molecule has 1 aromatic heterocycles. The number of nitrogens with zero attached hydrogens (tertiary/aromatic N) is 2. The molecule has 0 saturated heterocycles. The van der Waals surface area contributed by atoms with Crippen molar-refractivity contribution in [2.75, 3.05) is 0 Å². The van der Waals surface area contributed by atoms with Crippen molar-refractivity contribution in [3.8, 4) is 5.69 Å². The van der Waals surface area contributed by atoms with Crippen LogP contribution in [0.25, 0.3) is 5.69 Å². The van der Waals surface area contributed by atoms with Gasteiger partial charge in [-0.25, -0.2) is 4.68 Å². The lowest BCUT2D eigenvalue weighted by Gasteiger charge is -2.11. The highest BCUT2D eigenvalue weighted by Gasteiger charge is 2.09. The van der Waals surface area contributed by atoms with E-state index in [-0.39, 0.29) is 0 Å². The molecule has 0 aliphatic rings. The maximum atomic E-state index is 4.36. The third kappa shape index (κ3) is 1.97. The van der Waals surface area contributed by atoms with E-state index in [0.717, 1.165) is 10.2 Å². The molecule has 0 unspecified atom stereocenters. The summed E-state index contributed by atoms with van der Waals surface area (Å²) in [7, 11) is 0. The Bertz CT molecular complexity index is 460. The second kappa shape index (κ2) is 4.19. The predicted octanol–water partition coefficient (Wildman–Crippen LogP) is 3.76. The highest BCUT2D eigenvalue weighted by molar-refractivity contribution is 9.10. The second-order valence-corrected chi connectivity index (χ2v) is 4.63. The minimum absolute atomic E-state index is 0.472. The summed E-state index contributed by atoms with van der Waals surface area (Å²) < 4.78 is 3.05. The summed E-state index contributed by atoms with van der Waals surface area (Å²) in [5.74, 6) is 0.472. The summed E-state index contributed by atoms with van der Waals surface area (Å²) in [6, 6.07) is 10.2. The molecule has 15 heavy (non-hydrogen) atoms. The number of hydrogen-bond donors (Lipinski definition) is 0. The van der Waals surface area contributed by atoms with E-state index in [4.69, 9.17) is 0 Å². The molecule has 0 radical (unpaired) electrons. The van der Waals surface area contributed by atoms with Crippen LogP contribution in [-0.2, 0) is 0 Å². The van der Waals surface area contributed by atoms with Gasteiger partial charge in [-0.15, -0.1) is 0 Å². The SMILES string of the molecule is CC(C)c1ccnn1-c1ccccc1Br. The number of benzene rings is 1. The van der Waals surface area contributed by atoms with Gasteiger partial charge in [-0.2, -0.15) is 5.10 Å². The zero-order valence-electron chi connectivity index (χ0n) is 8.81. The van der Waals surface area contributed by atoms with E-state index in [1.807, 2.05) is 29.1 Å². The summed E-state index contributed by atoms with van der Waals surface area (Å²) in [5.41, 5.74) is 2.31. The van der Waals surface area contributed by atoms with Gasteiger partial charge < -0.3 is 0 Å². The van der Waals surface area contributed by atoms with Crippen LogP contribution in [0.1, 0.15) is 25.5 Å². The molecule has 78 valence electrons. The lowest BCUT2D eigenvalue weighted by atomic mass is 10.1. The fraction of sp³-hybridized carbons (Fsp3) is 0.250. The molecule has 2 rings (SSSR count). The van der Waals surface area contributed by atoms with Crippen LogP contribution in [0.3, 0.4) is 0 Å². The molecule has 3 heteroatoms. The van der Waals surface area contributed by atoms with Gasteiger partial charge in [-0.1, -0.05) is 26.0 Å². The van der Waals surface area contributed by atoms with E-state index in [1.165, 1.54) is 5.69 Å². The van der Waals surface area contributed by atoms with Gasteiger partial charge in [0.25, 0.3) is 0 Å². The second-order valence-electron chi connectivity index (χ2n) is 3.77. The van der Waals surface area contributed by atoms with Crippen molar-refractivity contribution in [2.24, 2.45) is 0 Å². The molecular weight excluding hydrogens is 252 g/mol. The van der Waals surface area contributed by atoms with E-state index >= 15 is 0 Å². The van der Waals surface area contributed by atoms with Gasteiger partial charge >= 0.3 is 0 Å². The summed E-state index contributed by atoms with van der Waals surface area (Å²) >= 11 is 3.54. The molecule has 0 amide bonds. The zero-order valence-corrected chi connectivity index (χ0v) is 10.4. The highest BCUT2D eigenvalue weighted by Crippen LogP contribution is 2.24. The molecule has 0 saturated carbocycles. The van der Waals surface area contributed by atoms with E-state index in [1.54, 1.807) is 0 Å². The van der Waals surface area contributed by atoms with Crippen LogP contribution in [-0.4, -0.2) is 9.78 Å². The first kappa shape index (κ1) is 10.4. The van der Waals surface area contributed by atoms with Crippen molar-refractivity contribution in [1.82, 2.24) is 9.78 Å². The van der Waals surface area contributed by atoms with Gasteiger partial charge in [-0.05, 0) is 40.0 Å².